The number of nitrogens with zero attached hydrogens (tertiary/aromatic N) is 1. The van der Waals surface area contributed by atoms with Crippen molar-refractivity contribution in [2.24, 2.45) is 5.10 Å². The van der Waals surface area contributed by atoms with Gasteiger partial charge in [-0.25, -0.2) is 0 Å². The number of benzene rings is 2. The zero-order valence-electron chi connectivity index (χ0n) is 10.6. The second-order valence-corrected chi connectivity index (χ2v) is 4.73. The zero-order valence-corrected chi connectivity index (χ0v) is 12.1. The Bertz CT molecular complexity index is 651. The summed E-state index contributed by atoms with van der Waals surface area (Å²) < 4.78 is 28.9. The number of anilines is 1. The van der Waals surface area contributed by atoms with Crippen molar-refractivity contribution in [3.63, 3.8) is 0 Å². The Morgan fingerprint density at radius 2 is 1.86 bits per heavy atom. The third-order valence-electron chi connectivity index (χ3n) is 2.45. The van der Waals surface area contributed by atoms with Gasteiger partial charge in [-0.1, -0.05) is 35.3 Å². The van der Waals surface area contributed by atoms with E-state index in [9.17, 15) is 8.78 Å². The molecule has 21 heavy (non-hydrogen) atoms. The van der Waals surface area contributed by atoms with E-state index in [0.717, 1.165) is 0 Å². The first-order valence-corrected chi connectivity index (χ1v) is 6.60. The van der Waals surface area contributed by atoms with Gasteiger partial charge in [0, 0.05) is 5.56 Å². The van der Waals surface area contributed by atoms with Crippen molar-refractivity contribution in [3.05, 3.63) is 58.1 Å². The number of hydrazone groups is 1. The number of halogens is 4. The first-order chi connectivity index (χ1) is 10.1. The maximum absolute atomic E-state index is 12.3. The Balaban J connectivity index is 2.09. The first-order valence-electron chi connectivity index (χ1n) is 5.84. The molecule has 0 saturated heterocycles. The lowest BCUT2D eigenvalue weighted by atomic mass is 10.2. The number of para-hydroxylation sites is 1. The molecule has 7 heteroatoms. The van der Waals surface area contributed by atoms with Crippen LogP contribution in [0.5, 0.6) is 5.75 Å². The summed E-state index contributed by atoms with van der Waals surface area (Å²) in [6.07, 6.45) is 1.38. The third kappa shape index (κ3) is 4.58. The Morgan fingerprint density at radius 1 is 1.10 bits per heavy atom. The van der Waals surface area contributed by atoms with Gasteiger partial charge in [0.2, 0.25) is 0 Å². The van der Waals surface area contributed by atoms with E-state index >= 15 is 0 Å². The van der Waals surface area contributed by atoms with Crippen molar-refractivity contribution in [2.75, 3.05) is 5.43 Å². The molecule has 0 amide bonds. The number of hydrogen-bond donors (Lipinski definition) is 1. The molecule has 0 fully saturated rings. The van der Waals surface area contributed by atoms with Crippen LogP contribution in [0.2, 0.25) is 10.0 Å². The van der Waals surface area contributed by atoms with Crippen LogP contribution in [0.4, 0.5) is 14.5 Å². The van der Waals surface area contributed by atoms with Gasteiger partial charge in [0.25, 0.3) is 0 Å². The van der Waals surface area contributed by atoms with E-state index in [1.54, 1.807) is 36.4 Å². The van der Waals surface area contributed by atoms with Gasteiger partial charge in [-0.05, 0) is 30.3 Å². The molecule has 0 radical (unpaired) electrons. The summed E-state index contributed by atoms with van der Waals surface area (Å²) in [4.78, 5) is 0. The van der Waals surface area contributed by atoms with E-state index in [1.165, 1.54) is 12.3 Å². The smallest absolute Gasteiger partial charge is 0.387 e. The molecular weight excluding hydrogens is 321 g/mol. The molecule has 110 valence electrons. The molecule has 0 spiro atoms. The fraction of sp³-hybridized carbons (Fsp3) is 0.0714. The third-order valence-corrected chi connectivity index (χ3v) is 3.19. The molecule has 1 N–H and O–H groups in total. The molecule has 2 rings (SSSR count). The lowest BCUT2D eigenvalue weighted by Crippen LogP contribution is -2.04. The topological polar surface area (TPSA) is 33.6 Å². The molecule has 2 aromatic rings. The largest absolute Gasteiger partial charge is 0.434 e. The normalized spacial score (nSPS) is 11.1. The van der Waals surface area contributed by atoms with E-state index in [0.29, 0.717) is 21.3 Å². The number of nitrogens with one attached hydrogen (secondary N) is 1. The standard InChI is InChI=1S/C14H10Cl2F2N2O/c15-11-6-5-10(7-12(11)16)20-19-8-9-3-1-2-4-13(9)21-14(17)18/h1-8,14,20H/b19-8-. The first kappa shape index (κ1) is 15.5. The molecule has 0 aromatic heterocycles. The van der Waals surface area contributed by atoms with Crippen molar-refractivity contribution in [1.29, 1.82) is 0 Å². The second-order valence-electron chi connectivity index (χ2n) is 3.92. The minimum atomic E-state index is -2.89. The Hall–Kier alpha value is -1.85. The summed E-state index contributed by atoms with van der Waals surface area (Å²) in [6.45, 7) is -2.89. The van der Waals surface area contributed by atoms with Gasteiger partial charge in [0.15, 0.2) is 0 Å². The molecule has 0 atom stereocenters. The van der Waals surface area contributed by atoms with Gasteiger partial charge < -0.3 is 4.74 Å². The number of alkyl halides is 2. The average molecular weight is 331 g/mol. The van der Waals surface area contributed by atoms with Crippen LogP contribution in [0.1, 0.15) is 5.56 Å². The van der Waals surface area contributed by atoms with E-state index in [-0.39, 0.29) is 5.75 Å². The van der Waals surface area contributed by atoms with Crippen LogP contribution in [-0.4, -0.2) is 12.8 Å². The summed E-state index contributed by atoms with van der Waals surface area (Å²) in [5, 5.41) is 4.77. The summed E-state index contributed by atoms with van der Waals surface area (Å²) in [5.41, 5.74) is 3.77. The molecular formula is C14H10Cl2F2N2O. The zero-order chi connectivity index (χ0) is 15.2. The fourth-order valence-electron chi connectivity index (χ4n) is 1.53. The molecule has 0 saturated carbocycles. The van der Waals surface area contributed by atoms with Gasteiger partial charge in [-0.15, -0.1) is 0 Å². The summed E-state index contributed by atoms with van der Waals surface area (Å²) in [6, 6.07) is 11.2. The lowest BCUT2D eigenvalue weighted by Gasteiger charge is -2.07. The highest BCUT2D eigenvalue weighted by atomic mass is 35.5. The molecule has 0 unspecified atom stereocenters. The van der Waals surface area contributed by atoms with E-state index in [4.69, 9.17) is 23.2 Å². The highest BCUT2D eigenvalue weighted by Gasteiger charge is 2.07. The van der Waals surface area contributed by atoms with E-state index in [1.807, 2.05) is 0 Å². The van der Waals surface area contributed by atoms with Crippen LogP contribution in [0.15, 0.2) is 47.6 Å². The summed E-state index contributed by atoms with van der Waals surface area (Å²) >= 11 is 11.7. The van der Waals surface area contributed by atoms with Crippen LogP contribution in [0, 0.1) is 0 Å². The maximum Gasteiger partial charge on any atom is 0.387 e. The predicted molar refractivity (Wildman–Crippen MR) is 80.8 cm³/mol. The minimum Gasteiger partial charge on any atom is -0.434 e. The maximum atomic E-state index is 12.3. The highest BCUT2D eigenvalue weighted by molar-refractivity contribution is 6.42. The minimum absolute atomic E-state index is 0.0483. The van der Waals surface area contributed by atoms with Crippen molar-refractivity contribution < 1.29 is 13.5 Å². The lowest BCUT2D eigenvalue weighted by molar-refractivity contribution is -0.0499. The molecule has 0 bridgehead atoms. The predicted octanol–water partition coefficient (Wildman–Crippen LogP) is 5.04. The van der Waals surface area contributed by atoms with Crippen molar-refractivity contribution in [3.8, 4) is 5.75 Å². The summed E-state index contributed by atoms with van der Waals surface area (Å²) in [5.74, 6) is 0.0483. The SMILES string of the molecule is FC(F)Oc1ccccc1/C=N\Nc1ccc(Cl)c(Cl)c1. The van der Waals surface area contributed by atoms with Crippen molar-refractivity contribution in [2.45, 2.75) is 6.61 Å². The quantitative estimate of drug-likeness (QED) is 0.615. The monoisotopic (exact) mass is 330 g/mol. The van der Waals surface area contributed by atoms with Crippen LogP contribution >= 0.6 is 23.2 Å². The fourth-order valence-corrected chi connectivity index (χ4v) is 1.83. The molecule has 3 nitrogen and oxygen atoms in total. The molecule has 0 aliphatic carbocycles. The Labute approximate surface area is 130 Å². The van der Waals surface area contributed by atoms with Crippen LogP contribution in [-0.2, 0) is 0 Å². The van der Waals surface area contributed by atoms with E-state index < -0.39 is 6.61 Å². The van der Waals surface area contributed by atoms with Crippen molar-refractivity contribution in [1.82, 2.24) is 0 Å². The molecule has 2 aromatic carbocycles. The second kappa shape index (κ2) is 7.24. The average Bonchev–Trinajstić information content (AvgIpc) is 2.44. The summed E-state index contributed by atoms with van der Waals surface area (Å²) in [7, 11) is 0. The van der Waals surface area contributed by atoms with Crippen LogP contribution < -0.4 is 10.2 Å². The van der Waals surface area contributed by atoms with Gasteiger partial charge in [-0.2, -0.15) is 13.9 Å². The van der Waals surface area contributed by atoms with Gasteiger partial charge >= 0.3 is 6.61 Å². The number of hydrogen-bond acceptors (Lipinski definition) is 3. The molecule has 0 heterocycles. The molecule has 0 aliphatic rings. The molecule has 0 aliphatic heterocycles. The van der Waals surface area contributed by atoms with Crippen molar-refractivity contribution >= 4 is 35.1 Å². The van der Waals surface area contributed by atoms with Gasteiger partial charge in [0.1, 0.15) is 5.75 Å². The van der Waals surface area contributed by atoms with Crippen LogP contribution in [0.3, 0.4) is 0 Å². The van der Waals surface area contributed by atoms with Gasteiger partial charge in [-0.3, -0.25) is 5.43 Å². The number of rotatable bonds is 5. The highest BCUT2D eigenvalue weighted by Crippen LogP contribution is 2.25. The Morgan fingerprint density at radius 3 is 2.57 bits per heavy atom. The van der Waals surface area contributed by atoms with E-state index in [2.05, 4.69) is 15.3 Å². The number of ether oxygens (including phenoxy) is 1. The van der Waals surface area contributed by atoms with Gasteiger partial charge in [0.05, 0.1) is 21.9 Å². The Kier molecular flexibility index (Phi) is 5.36. The van der Waals surface area contributed by atoms with Crippen LogP contribution in [0.25, 0.3) is 0 Å².